The second-order valence-corrected chi connectivity index (χ2v) is 21.7. The van der Waals surface area contributed by atoms with Crippen LogP contribution < -0.4 is 120 Å². The Labute approximate surface area is 521 Å². The average Bonchev–Trinajstić information content (AvgIpc) is 2.16. The molecule has 30 N–H and O–H groups in total. The zero-order valence-corrected chi connectivity index (χ0v) is 52.3. The highest BCUT2D eigenvalue weighted by Gasteiger charge is 2.33. The van der Waals surface area contributed by atoms with Crippen molar-refractivity contribution in [1.29, 1.82) is 0 Å². The van der Waals surface area contributed by atoms with Gasteiger partial charge in [-0.25, -0.2) is 4.79 Å². The van der Waals surface area contributed by atoms with Gasteiger partial charge in [0.25, 0.3) is 0 Å². The number of carbonyl (C=O) groups is 7. The molecule has 0 saturated heterocycles. The molecule has 0 aliphatic heterocycles. The van der Waals surface area contributed by atoms with E-state index in [1.54, 1.807) is 13.8 Å². The first-order valence-electron chi connectivity index (χ1n) is 30.0. The number of hydrogen-bond acceptors (Lipinski definition) is 23. The van der Waals surface area contributed by atoms with Crippen molar-refractivity contribution in [2.45, 2.75) is 159 Å². The fourth-order valence-corrected chi connectivity index (χ4v) is 8.64. The fourth-order valence-electron chi connectivity index (χ4n) is 8.64. The van der Waals surface area contributed by atoms with E-state index in [1.165, 1.54) is 0 Å². The lowest BCUT2D eigenvalue weighted by molar-refractivity contribution is -0.142. The summed E-state index contributed by atoms with van der Waals surface area (Å²) in [7, 11) is 0. The second-order valence-electron chi connectivity index (χ2n) is 21.7. The predicted molar refractivity (Wildman–Crippen MR) is 346 cm³/mol. The van der Waals surface area contributed by atoms with Gasteiger partial charge in [-0.1, -0.05) is 59.6 Å². The Hall–Kier alpha value is -8.83. The van der Waals surface area contributed by atoms with Crippen molar-refractivity contribution in [2.75, 3.05) is 58.9 Å². The van der Waals surface area contributed by atoms with E-state index in [9.17, 15) is 38.7 Å². The standard InChI is InChI=1S/C58H110N22O8/c1-36(2)66-27-14-22-49(79-57(86)50(25-17-33-72-43(9)64)78-55(84)48(24-16-32-71-42(8)63)76-52(81)37(3)19-11-28-67-38(4)59)56(85)77-47(23-15-31-70-41(7)62)54(83)75-45(20-12-29-68-39(5)60)35-74-46(21-13-30-69-40(6)61)53(82)80-51(58(87)88)26-18-34-73-44(10)65/h37,45-51,66-74H,1,4-35,59-65H2,2-3H3,(H,75,83)(H,76,81)(H,77,85)(H,78,84)(H,79,86)(H,80,82)(H,87,88)/t37-,45-,46-,47-,48-,49-,50-,51-/m0/s1. The molecule has 0 aliphatic carbocycles. The van der Waals surface area contributed by atoms with Crippen LogP contribution in [0.3, 0.4) is 0 Å². The number of nitrogens with one attached hydrogen (secondary N) is 15. The van der Waals surface area contributed by atoms with Crippen molar-refractivity contribution in [1.82, 2.24) is 79.8 Å². The molecule has 500 valence electrons. The lowest BCUT2D eigenvalue weighted by Crippen LogP contribution is -2.59. The molecule has 0 rings (SSSR count). The topological polar surface area (TPSA) is 502 Å². The van der Waals surface area contributed by atoms with E-state index in [1.807, 2.05) is 0 Å². The molecule has 8 atom stereocenters. The van der Waals surface area contributed by atoms with Gasteiger partial charge in [-0.3, -0.25) is 28.8 Å². The molecule has 88 heavy (non-hydrogen) atoms. The van der Waals surface area contributed by atoms with Crippen LogP contribution in [0, 0.1) is 5.92 Å². The molecule has 30 heteroatoms. The summed E-state index contributed by atoms with van der Waals surface area (Å²) in [6, 6.07) is -7.71. The van der Waals surface area contributed by atoms with Gasteiger partial charge in [0, 0.05) is 76.6 Å². The Balaban J connectivity index is 7.27. The monoisotopic (exact) mass is 1240 g/mol. The van der Waals surface area contributed by atoms with Crippen LogP contribution >= 0.6 is 0 Å². The number of carbonyl (C=O) groups excluding carboxylic acids is 6. The molecule has 0 aromatic carbocycles. The van der Waals surface area contributed by atoms with Gasteiger partial charge in [-0.05, 0) is 110 Å². The number of nitrogens with two attached hydrogens (primary N) is 7. The number of rotatable bonds is 56. The molecule has 0 heterocycles. The third-order valence-corrected chi connectivity index (χ3v) is 13.3. The first kappa shape index (κ1) is 79.2. The van der Waals surface area contributed by atoms with Gasteiger partial charge in [-0.2, -0.15) is 0 Å². The Kier molecular flexibility index (Phi) is 41.7. The Morgan fingerprint density at radius 2 is 0.568 bits per heavy atom. The maximum atomic E-state index is 14.8. The Bertz CT molecular complexity index is 2280. The van der Waals surface area contributed by atoms with Crippen molar-refractivity contribution in [3.05, 3.63) is 99.1 Å². The van der Waals surface area contributed by atoms with Crippen LogP contribution in [0.1, 0.15) is 117 Å². The molecule has 0 bridgehead atoms. The minimum absolute atomic E-state index is 0.00396. The van der Waals surface area contributed by atoms with E-state index in [2.05, 4.69) is 132 Å². The number of amides is 6. The van der Waals surface area contributed by atoms with Crippen LogP contribution in [0.2, 0.25) is 0 Å². The van der Waals surface area contributed by atoms with E-state index in [0.717, 1.165) is 0 Å². The molecule has 0 radical (unpaired) electrons. The highest BCUT2D eigenvalue weighted by atomic mass is 16.4. The molecule has 0 saturated carbocycles. The van der Waals surface area contributed by atoms with Crippen LogP contribution in [0.15, 0.2) is 99.1 Å². The lowest BCUT2D eigenvalue weighted by atomic mass is 10.0. The van der Waals surface area contributed by atoms with Crippen molar-refractivity contribution in [2.24, 2.45) is 46.1 Å². The van der Waals surface area contributed by atoms with Gasteiger partial charge in [0.15, 0.2) is 0 Å². The molecule has 6 amide bonds. The summed E-state index contributed by atoms with van der Waals surface area (Å²) in [6.07, 6.45) is 4.53. The average molecular weight is 1240 g/mol. The smallest absolute Gasteiger partial charge is 0.326 e. The minimum atomic E-state index is -1.26. The second kappa shape index (κ2) is 46.4. The van der Waals surface area contributed by atoms with Crippen LogP contribution in [0.4, 0.5) is 0 Å². The van der Waals surface area contributed by atoms with E-state index < -0.39 is 83.7 Å². The predicted octanol–water partition coefficient (Wildman–Crippen LogP) is -2.92. The van der Waals surface area contributed by atoms with E-state index >= 15 is 0 Å². The summed E-state index contributed by atoms with van der Waals surface area (Å²) >= 11 is 0. The molecule has 0 aromatic rings. The highest BCUT2D eigenvalue weighted by Crippen LogP contribution is 2.12. The van der Waals surface area contributed by atoms with Crippen LogP contribution in [0.5, 0.6) is 0 Å². The van der Waals surface area contributed by atoms with E-state index in [-0.39, 0.29) is 99.0 Å². The largest absolute Gasteiger partial charge is 0.480 e. The van der Waals surface area contributed by atoms with Crippen LogP contribution in [0.25, 0.3) is 0 Å². The summed E-state index contributed by atoms with van der Waals surface area (Å²) in [6.45, 7) is 35.7. The maximum absolute atomic E-state index is 14.8. The molecule has 30 nitrogen and oxygen atoms in total. The summed E-state index contributed by atoms with van der Waals surface area (Å²) in [5, 5.41) is 53.9. The number of aliphatic carboxylic acids is 1. The van der Waals surface area contributed by atoms with E-state index in [4.69, 9.17) is 40.1 Å². The highest BCUT2D eigenvalue weighted by molar-refractivity contribution is 5.95. The van der Waals surface area contributed by atoms with E-state index in [0.29, 0.717) is 115 Å². The number of carboxylic acids is 1. The van der Waals surface area contributed by atoms with Gasteiger partial charge in [-0.15, -0.1) is 0 Å². The summed E-state index contributed by atoms with van der Waals surface area (Å²) in [4.78, 5) is 98.3. The van der Waals surface area contributed by atoms with Crippen molar-refractivity contribution in [3.63, 3.8) is 0 Å². The molecule has 0 aliphatic rings. The zero-order valence-electron chi connectivity index (χ0n) is 52.3. The minimum Gasteiger partial charge on any atom is -0.480 e. The normalized spacial score (nSPS) is 13.4. The molecule has 0 fully saturated rings. The lowest BCUT2D eigenvalue weighted by Gasteiger charge is -2.29. The Morgan fingerprint density at radius 1 is 0.330 bits per heavy atom. The first-order chi connectivity index (χ1) is 41.5. The maximum Gasteiger partial charge on any atom is 0.326 e. The van der Waals surface area contributed by atoms with Gasteiger partial charge < -0.3 is 125 Å². The molecule has 0 unspecified atom stereocenters. The Morgan fingerprint density at radius 3 is 0.875 bits per heavy atom. The molecular weight excluding hydrogens is 1130 g/mol. The van der Waals surface area contributed by atoms with Crippen molar-refractivity contribution < 1.29 is 38.7 Å². The fraction of sp³-hybridized carbons (Fsp3) is 0.603. The van der Waals surface area contributed by atoms with Gasteiger partial charge >= 0.3 is 5.97 Å². The zero-order chi connectivity index (χ0) is 66.6. The molecule has 0 aromatic heterocycles. The van der Waals surface area contributed by atoms with Crippen molar-refractivity contribution in [3.8, 4) is 0 Å². The number of allylic oxidation sites excluding steroid dienone is 1. The van der Waals surface area contributed by atoms with Crippen LogP contribution in [-0.4, -0.2) is 148 Å². The van der Waals surface area contributed by atoms with Crippen molar-refractivity contribution >= 4 is 41.4 Å². The third-order valence-electron chi connectivity index (χ3n) is 13.3. The van der Waals surface area contributed by atoms with Gasteiger partial charge in [0.05, 0.1) is 46.8 Å². The van der Waals surface area contributed by atoms with Crippen LogP contribution in [-0.2, 0) is 33.6 Å². The van der Waals surface area contributed by atoms with Gasteiger partial charge in [0.1, 0.15) is 30.2 Å². The third kappa shape index (κ3) is 41.3. The summed E-state index contributed by atoms with van der Waals surface area (Å²) in [5.74, 6) is -3.85. The summed E-state index contributed by atoms with van der Waals surface area (Å²) < 4.78 is 0. The number of carboxylic acid groups (broad SMARTS) is 1. The SMILES string of the molecule is C=C(C)NCCC[C@H](NC(=O)[C@H](CCCNC(=C)N)NC(=O)[C@H](CCCNC(=C)N)NC(=O)[C@@H](C)CCCNC(=C)N)C(=O)N[C@@H](CCCNC(=C)N)C(=O)N[C@@H](CCCNC(=C)N)CN[C@@H](CCCNC(=C)N)C(=O)N[C@@H](CCCNC(=C)N)C(=O)O. The summed E-state index contributed by atoms with van der Waals surface area (Å²) in [5.41, 5.74) is 40.7. The first-order valence-corrected chi connectivity index (χ1v) is 30.0. The quantitative estimate of drug-likeness (QED) is 0.0271. The number of hydrogen-bond donors (Lipinski definition) is 23. The van der Waals surface area contributed by atoms with Gasteiger partial charge in [0.2, 0.25) is 35.4 Å². The molecule has 0 spiro atoms. The molecular formula is C58H110N22O8.